The van der Waals surface area contributed by atoms with E-state index in [0.29, 0.717) is 5.92 Å². The van der Waals surface area contributed by atoms with Gasteiger partial charge in [-0.2, -0.15) is 0 Å². The van der Waals surface area contributed by atoms with Gasteiger partial charge in [0.2, 0.25) is 0 Å². The Balaban J connectivity index is 2.15. The van der Waals surface area contributed by atoms with Crippen molar-refractivity contribution in [1.29, 1.82) is 0 Å². The average Bonchev–Trinajstić information content (AvgIpc) is 3.03. The maximum atomic E-state index is 3.60. The highest BCUT2D eigenvalue weighted by Gasteiger charge is 2.12. The molecule has 0 bridgehead atoms. The fraction of sp³-hybridized carbons (Fsp3) is 0.444. The summed E-state index contributed by atoms with van der Waals surface area (Å²) in [5.41, 5.74) is 2.96. The zero-order valence-electron chi connectivity index (χ0n) is 13.6. The van der Waals surface area contributed by atoms with Crippen molar-refractivity contribution in [3.63, 3.8) is 0 Å². The van der Waals surface area contributed by atoms with E-state index in [0.717, 1.165) is 6.54 Å². The number of hydrogen-bond donors (Lipinski definition) is 1. The van der Waals surface area contributed by atoms with E-state index in [1.807, 2.05) is 11.3 Å². The Morgan fingerprint density at radius 1 is 1.29 bits per heavy atom. The van der Waals surface area contributed by atoms with Crippen LogP contribution in [0.15, 0.2) is 34.5 Å². The Hall–Kier alpha value is -0.900. The summed E-state index contributed by atoms with van der Waals surface area (Å²) < 4.78 is 0. The number of nitrogens with one attached hydrogen (secondary N) is 1. The lowest BCUT2D eigenvalue weighted by molar-refractivity contribution is 0.437. The third-order valence-electron chi connectivity index (χ3n) is 3.32. The van der Waals surface area contributed by atoms with Crippen molar-refractivity contribution in [2.75, 3.05) is 6.54 Å². The van der Waals surface area contributed by atoms with Gasteiger partial charge in [0, 0.05) is 27.4 Å². The highest BCUT2D eigenvalue weighted by Crippen LogP contribution is 2.30. The van der Waals surface area contributed by atoms with Gasteiger partial charge >= 0.3 is 0 Å². The minimum absolute atomic E-state index is 0.158. The highest BCUT2D eigenvalue weighted by atomic mass is 32.1. The second-order valence-corrected chi connectivity index (χ2v) is 8.58. The molecule has 2 rings (SSSR count). The number of rotatable bonds is 5. The molecule has 0 radical (unpaired) electrons. The van der Waals surface area contributed by atoms with Gasteiger partial charge in [-0.3, -0.25) is 0 Å². The normalized spacial score (nSPS) is 13.1. The Bertz CT molecular complexity index is 583. The van der Waals surface area contributed by atoms with Gasteiger partial charge in [-0.15, -0.1) is 22.7 Å². The van der Waals surface area contributed by atoms with Gasteiger partial charge in [-0.25, -0.2) is 0 Å². The predicted octanol–water partition coefficient (Wildman–Crippen LogP) is 5.90. The van der Waals surface area contributed by atoms with E-state index in [9.17, 15) is 0 Å². The van der Waals surface area contributed by atoms with Gasteiger partial charge in [0.25, 0.3) is 0 Å². The van der Waals surface area contributed by atoms with Crippen LogP contribution in [0.3, 0.4) is 0 Å². The van der Waals surface area contributed by atoms with E-state index < -0.39 is 0 Å². The molecule has 0 aliphatic heterocycles. The molecule has 114 valence electrons. The van der Waals surface area contributed by atoms with Crippen LogP contribution in [0, 0.1) is 5.92 Å². The van der Waals surface area contributed by atoms with E-state index in [-0.39, 0.29) is 5.54 Å². The van der Waals surface area contributed by atoms with Gasteiger partial charge in [0.15, 0.2) is 0 Å². The molecule has 0 spiro atoms. The van der Waals surface area contributed by atoms with Crippen molar-refractivity contribution in [2.24, 2.45) is 5.92 Å². The van der Waals surface area contributed by atoms with Crippen molar-refractivity contribution in [1.82, 2.24) is 5.32 Å². The number of thiophene rings is 2. The molecule has 0 saturated heterocycles. The molecular formula is C18H25NS2. The van der Waals surface area contributed by atoms with E-state index >= 15 is 0 Å². The topological polar surface area (TPSA) is 12.0 Å². The summed E-state index contributed by atoms with van der Waals surface area (Å²) in [6.45, 7) is 12.1. The first-order valence-electron chi connectivity index (χ1n) is 7.43. The Morgan fingerprint density at radius 2 is 2.05 bits per heavy atom. The molecule has 2 aromatic heterocycles. The standard InChI is InChI=1S/C18H25NS2/c1-13(2)14(11-19-18(3,4)5)9-16-10-15(12-21-16)17-7-6-8-20-17/h6-10,12-13,19H,11H2,1-5H3. The molecule has 2 aromatic rings. The summed E-state index contributed by atoms with van der Waals surface area (Å²) in [7, 11) is 0. The van der Waals surface area contributed by atoms with E-state index in [1.54, 1.807) is 11.3 Å². The van der Waals surface area contributed by atoms with E-state index in [4.69, 9.17) is 0 Å². The van der Waals surface area contributed by atoms with Gasteiger partial charge in [0.1, 0.15) is 0 Å². The molecule has 0 saturated carbocycles. The fourth-order valence-electron chi connectivity index (χ4n) is 1.97. The Morgan fingerprint density at radius 3 is 2.62 bits per heavy atom. The summed E-state index contributed by atoms with van der Waals surface area (Å²) >= 11 is 3.63. The van der Waals surface area contributed by atoms with Crippen molar-refractivity contribution < 1.29 is 0 Å². The third kappa shape index (κ3) is 5.10. The number of hydrogen-bond acceptors (Lipinski definition) is 3. The molecule has 0 aromatic carbocycles. The molecule has 0 atom stereocenters. The van der Waals surface area contributed by atoms with Gasteiger partial charge < -0.3 is 5.32 Å². The zero-order valence-corrected chi connectivity index (χ0v) is 15.2. The monoisotopic (exact) mass is 319 g/mol. The lowest BCUT2D eigenvalue weighted by atomic mass is 10.0. The van der Waals surface area contributed by atoms with Crippen LogP contribution in [-0.4, -0.2) is 12.1 Å². The third-order valence-corrected chi connectivity index (χ3v) is 5.12. The first-order valence-corrected chi connectivity index (χ1v) is 9.19. The lowest BCUT2D eigenvalue weighted by Gasteiger charge is -2.23. The van der Waals surface area contributed by atoms with Gasteiger partial charge in [-0.1, -0.05) is 25.5 Å². The highest BCUT2D eigenvalue weighted by molar-refractivity contribution is 7.15. The van der Waals surface area contributed by atoms with Crippen LogP contribution < -0.4 is 5.32 Å². The zero-order chi connectivity index (χ0) is 15.5. The van der Waals surface area contributed by atoms with Gasteiger partial charge in [-0.05, 0) is 55.7 Å². The van der Waals surface area contributed by atoms with Crippen molar-refractivity contribution >= 4 is 28.7 Å². The molecule has 0 unspecified atom stereocenters. The Labute approximate surface area is 136 Å². The largest absolute Gasteiger partial charge is 0.308 e. The maximum Gasteiger partial charge on any atom is 0.0351 e. The van der Waals surface area contributed by atoms with Crippen LogP contribution in [0.2, 0.25) is 0 Å². The second kappa shape index (κ2) is 6.91. The predicted molar refractivity (Wildman–Crippen MR) is 98.2 cm³/mol. The summed E-state index contributed by atoms with van der Waals surface area (Å²) in [6.07, 6.45) is 2.35. The van der Waals surface area contributed by atoms with Crippen LogP contribution in [0.1, 0.15) is 39.5 Å². The summed E-state index contributed by atoms with van der Waals surface area (Å²) in [5, 5.41) is 7.99. The smallest absolute Gasteiger partial charge is 0.0351 e. The molecule has 1 nitrogen and oxygen atoms in total. The van der Waals surface area contributed by atoms with Gasteiger partial charge in [0.05, 0.1) is 0 Å². The van der Waals surface area contributed by atoms with Crippen molar-refractivity contribution in [3.05, 3.63) is 39.4 Å². The van der Waals surface area contributed by atoms with Crippen molar-refractivity contribution in [3.8, 4) is 10.4 Å². The molecule has 0 fully saturated rings. The van der Waals surface area contributed by atoms with Crippen LogP contribution in [0.4, 0.5) is 0 Å². The first kappa shape index (κ1) is 16.5. The molecule has 2 heterocycles. The Kier molecular flexibility index (Phi) is 5.42. The van der Waals surface area contributed by atoms with Crippen LogP contribution in [0.25, 0.3) is 16.5 Å². The van der Waals surface area contributed by atoms with Crippen LogP contribution >= 0.6 is 22.7 Å². The van der Waals surface area contributed by atoms with Crippen LogP contribution in [0.5, 0.6) is 0 Å². The molecule has 21 heavy (non-hydrogen) atoms. The van der Waals surface area contributed by atoms with Crippen molar-refractivity contribution in [2.45, 2.75) is 40.2 Å². The maximum absolute atomic E-state index is 3.60. The summed E-state index contributed by atoms with van der Waals surface area (Å²) in [4.78, 5) is 2.70. The molecule has 0 aliphatic rings. The second-order valence-electron chi connectivity index (χ2n) is 6.69. The fourth-order valence-corrected chi connectivity index (χ4v) is 3.63. The summed E-state index contributed by atoms with van der Waals surface area (Å²) in [5.74, 6) is 0.562. The van der Waals surface area contributed by atoms with Crippen LogP contribution in [-0.2, 0) is 0 Å². The quantitative estimate of drug-likeness (QED) is 0.723. The molecule has 0 amide bonds. The van der Waals surface area contributed by atoms with E-state index in [1.165, 1.54) is 20.9 Å². The minimum Gasteiger partial charge on any atom is -0.308 e. The molecule has 0 aliphatic carbocycles. The molecule has 1 N–H and O–H groups in total. The summed E-state index contributed by atoms with van der Waals surface area (Å²) in [6, 6.07) is 6.60. The minimum atomic E-state index is 0.158. The lowest BCUT2D eigenvalue weighted by Crippen LogP contribution is -2.37. The average molecular weight is 320 g/mol. The molecular weight excluding hydrogens is 294 g/mol. The SMILES string of the molecule is CC(C)C(=Cc1cc(-c2cccs2)cs1)CNC(C)(C)C. The first-order chi connectivity index (χ1) is 9.85. The van der Waals surface area contributed by atoms with E-state index in [2.05, 4.69) is 75.0 Å². The molecule has 3 heteroatoms.